The van der Waals surface area contributed by atoms with Gasteiger partial charge >= 0.3 is 0 Å². The number of carbonyl (C=O) groups is 1. The molecule has 6 nitrogen and oxygen atoms in total. The molecule has 0 saturated heterocycles. The molecule has 0 amide bonds. The van der Waals surface area contributed by atoms with E-state index in [0.29, 0.717) is 29.9 Å². The summed E-state index contributed by atoms with van der Waals surface area (Å²) in [7, 11) is 1.85. The zero-order valence-electron chi connectivity index (χ0n) is 19.4. The molecule has 0 bridgehead atoms. The number of imidazole rings is 1. The number of fused-ring (bicyclic) bond motifs is 1. The van der Waals surface area contributed by atoms with Crippen molar-refractivity contribution in [3.63, 3.8) is 0 Å². The molecule has 0 unspecified atom stereocenters. The standard InChI is InChI=1S/C26H33N3O3/c1-17(2)16-23(30)20-12-13-24(18(3)25(20)31)32-15-9-8-14-29-22-11-7-6-10-21(22)28-26(29)19(4)27-5/h6-7,10-13,17,27,31H,4,8-9,14-16H2,1-3,5H3. The Hall–Kier alpha value is -3.28. The first-order valence-electron chi connectivity index (χ1n) is 11.1. The molecule has 2 N–H and O–H groups in total. The molecule has 0 fully saturated rings. The van der Waals surface area contributed by atoms with Crippen LogP contribution in [0.2, 0.25) is 0 Å². The van der Waals surface area contributed by atoms with Gasteiger partial charge in [0.2, 0.25) is 0 Å². The van der Waals surface area contributed by atoms with E-state index in [2.05, 4.69) is 22.5 Å². The number of phenolic OH excluding ortho intramolecular Hbond substituents is 1. The number of aromatic nitrogens is 2. The number of rotatable bonds is 11. The molecule has 0 aliphatic rings. The van der Waals surface area contributed by atoms with Crippen LogP contribution in [0.15, 0.2) is 43.0 Å². The van der Waals surface area contributed by atoms with Gasteiger partial charge in [-0.05, 0) is 49.9 Å². The van der Waals surface area contributed by atoms with Crippen LogP contribution in [0.25, 0.3) is 16.7 Å². The largest absolute Gasteiger partial charge is 0.507 e. The van der Waals surface area contributed by atoms with E-state index in [1.54, 1.807) is 19.1 Å². The van der Waals surface area contributed by atoms with Crippen LogP contribution in [0.5, 0.6) is 11.5 Å². The third kappa shape index (κ3) is 5.13. The third-order valence-corrected chi connectivity index (χ3v) is 5.54. The van der Waals surface area contributed by atoms with Gasteiger partial charge in [-0.1, -0.05) is 32.6 Å². The smallest absolute Gasteiger partial charge is 0.166 e. The number of aryl methyl sites for hydroxylation is 1. The Bertz CT molecular complexity index is 1110. The van der Waals surface area contributed by atoms with Crippen LogP contribution in [0.3, 0.4) is 0 Å². The Morgan fingerprint density at radius 2 is 1.97 bits per heavy atom. The lowest BCUT2D eigenvalue weighted by Gasteiger charge is -2.14. The maximum atomic E-state index is 12.3. The Kier molecular flexibility index (Phi) is 7.57. The minimum absolute atomic E-state index is 0.0215. The van der Waals surface area contributed by atoms with Crippen LogP contribution in [-0.4, -0.2) is 34.1 Å². The summed E-state index contributed by atoms with van der Waals surface area (Å²) >= 11 is 0. The summed E-state index contributed by atoms with van der Waals surface area (Å²) in [6, 6.07) is 11.5. The molecular weight excluding hydrogens is 402 g/mol. The van der Waals surface area contributed by atoms with Crippen LogP contribution < -0.4 is 10.1 Å². The highest BCUT2D eigenvalue weighted by Gasteiger charge is 2.17. The molecule has 0 spiro atoms. The van der Waals surface area contributed by atoms with E-state index in [4.69, 9.17) is 9.72 Å². The number of hydrogen-bond acceptors (Lipinski definition) is 5. The summed E-state index contributed by atoms with van der Waals surface area (Å²) in [5, 5.41) is 13.6. The lowest BCUT2D eigenvalue weighted by molar-refractivity contribution is 0.0965. The molecule has 0 aliphatic heterocycles. The van der Waals surface area contributed by atoms with Gasteiger partial charge in [-0.15, -0.1) is 0 Å². The van der Waals surface area contributed by atoms with Gasteiger partial charge in [0.25, 0.3) is 0 Å². The zero-order valence-corrected chi connectivity index (χ0v) is 19.4. The topological polar surface area (TPSA) is 76.4 Å². The number of phenols is 1. The van der Waals surface area contributed by atoms with Crippen LogP contribution in [0.1, 0.15) is 54.9 Å². The fourth-order valence-corrected chi connectivity index (χ4v) is 3.74. The van der Waals surface area contributed by atoms with Gasteiger partial charge in [-0.3, -0.25) is 4.79 Å². The van der Waals surface area contributed by atoms with Crippen molar-refractivity contribution in [2.75, 3.05) is 13.7 Å². The average molecular weight is 436 g/mol. The molecule has 2 aromatic carbocycles. The number of aromatic hydroxyl groups is 1. The fourth-order valence-electron chi connectivity index (χ4n) is 3.74. The predicted octanol–water partition coefficient (Wildman–Crippen LogP) is 5.33. The average Bonchev–Trinajstić information content (AvgIpc) is 3.14. The number of para-hydroxylation sites is 2. The predicted molar refractivity (Wildman–Crippen MR) is 129 cm³/mol. The minimum Gasteiger partial charge on any atom is -0.507 e. The summed E-state index contributed by atoms with van der Waals surface area (Å²) in [4.78, 5) is 17.0. The van der Waals surface area contributed by atoms with Gasteiger partial charge in [0.15, 0.2) is 11.6 Å². The lowest BCUT2D eigenvalue weighted by Crippen LogP contribution is -2.11. The molecule has 0 radical (unpaired) electrons. The Labute approximate surface area is 189 Å². The maximum absolute atomic E-state index is 12.3. The molecular formula is C26H33N3O3. The van der Waals surface area contributed by atoms with Crippen LogP contribution in [-0.2, 0) is 6.54 Å². The molecule has 3 aromatic rings. The maximum Gasteiger partial charge on any atom is 0.166 e. The van der Waals surface area contributed by atoms with Crippen LogP contribution in [0.4, 0.5) is 0 Å². The van der Waals surface area contributed by atoms with Crippen molar-refractivity contribution in [3.8, 4) is 11.5 Å². The number of nitrogens with one attached hydrogen (secondary N) is 1. The molecule has 32 heavy (non-hydrogen) atoms. The summed E-state index contributed by atoms with van der Waals surface area (Å²) < 4.78 is 8.09. The second kappa shape index (κ2) is 10.4. The molecule has 3 rings (SSSR count). The van der Waals surface area contributed by atoms with E-state index in [-0.39, 0.29) is 17.5 Å². The summed E-state index contributed by atoms with van der Waals surface area (Å²) in [6.45, 7) is 11.2. The van der Waals surface area contributed by atoms with Crippen LogP contribution in [0, 0.1) is 12.8 Å². The Morgan fingerprint density at radius 3 is 2.69 bits per heavy atom. The molecule has 0 atom stereocenters. The number of unbranched alkanes of at least 4 members (excludes halogenated alkanes) is 1. The number of hydrogen-bond donors (Lipinski definition) is 2. The number of benzene rings is 2. The van der Waals surface area contributed by atoms with Crippen molar-refractivity contribution in [2.24, 2.45) is 5.92 Å². The molecule has 1 heterocycles. The van der Waals surface area contributed by atoms with Gasteiger partial charge < -0.3 is 19.7 Å². The van der Waals surface area contributed by atoms with E-state index < -0.39 is 0 Å². The number of nitrogens with zero attached hydrogens (tertiary/aromatic N) is 2. The number of ether oxygens (including phenoxy) is 1. The van der Waals surface area contributed by atoms with Crippen molar-refractivity contribution in [1.29, 1.82) is 0 Å². The Balaban J connectivity index is 1.60. The molecule has 6 heteroatoms. The van der Waals surface area contributed by atoms with Gasteiger partial charge in [0, 0.05) is 25.6 Å². The highest BCUT2D eigenvalue weighted by atomic mass is 16.5. The van der Waals surface area contributed by atoms with E-state index in [1.165, 1.54) is 0 Å². The highest BCUT2D eigenvalue weighted by Crippen LogP contribution is 2.32. The van der Waals surface area contributed by atoms with Crippen molar-refractivity contribution in [3.05, 3.63) is 59.9 Å². The second-order valence-corrected chi connectivity index (χ2v) is 8.47. The summed E-state index contributed by atoms with van der Waals surface area (Å²) in [6.07, 6.45) is 2.16. The van der Waals surface area contributed by atoms with Crippen molar-refractivity contribution >= 4 is 22.5 Å². The van der Waals surface area contributed by atoms with Crippen LogP contribution >= 0.6 is 0 Å². The van der Waals surface area contributed by atoms with Gasteiger partial charge in [0.05, 0.1) is 28.9 Å². The molecule has 1 aromatic heterocycles. The van der Waals surface area contributed by atoms with Crippen molar-refractivity contribution in [1.82, 2.24) is 14.9 Å². The first kappa shape index (κ1) is 23.4. The van der Waals surface area contributed by atoms with E-state index in [9.17, 15) is 9.90 Å². The number of carbonyl (C=O) groups excluding carboxylic acids is 1. The minimum atomic E-state index is -0.0429. The first-order valence-corrected chi connectivity index (χ1v) is 11.1. The van der Waals surface area contributed by atoms with E-state index in [0.717, 1.165) is 41.9 Å². The first-order chi connectivity index (χ1) is 15.3. The lowest BCUT2D eigenvalue weighted by atomic mass is 9.98. The van der Waals surface area contributed by atoms with Gasteiger partial charge in [0.1, 0.15) is 11.5 Å². The molecule has 170 valence electrons. The number of Topliss-reactive ketones (excluding diaryl/α,β-unsaturated/α-hetero) is 1. The van der Waals surface area contributed by atoms with E-state index in [1.807, 2.05) is 39.1 Å². The number of ketones is 1. The molecule has 0 saturated carbocycles. The second-order valence-electron chi connectivity index (χ2n) is 8.47. The van der Waals surface area contributed by atoms with E-state index >= 15 is 0 Å². The summed E-state index contributed by atoms with van der Waals surface area (Å²) in [5.74, 6) is 1.68. The van der Waals surface area contributed by atoms with Gasteiger partial charge in [-0.2, -0.15) is 0 Å². The monoisotopic (exact) mass is 435 g/mol. The summed E-state index contributed by atoms with van der Waals surface area (Å²) in [5.41, 5.74) is 3.80. The van der Waals surface area contributed by atoms with Gasteiger partial charge in [-0.25, -0.2) is 4.98 Å². The molecule has 0 aliphatic carbocycles. The van der Waals surface area contributed by atoms with Crippen molar-refractivity contribution < 1.29 is 14.6 Å². The zero-order chi connectivity index (χ0) is 23.3. The Morgan fingerprint density at radius 1 is 1.22 bits per heavy atom. The highest BCUT2D eigenvalue weighted by molar-refractivity contribution is 5.99. The SMILES string of the molecule is C=C(NC)c1nc2ccccc2n1CCCCOc1ccc(C(=O)CC(C)C)c(O)c1C. The third-order valence-electron chi connectivity index (χ3n) is 5.54. The fraction of sp³-hybridized carbons (Fsp3) is 0.385. The quantitative estimate of drug-likeness (QED) is 0.315. The van der Waals surface area contributed by atoms with Crippen molar-refractivity contribution in [2.45, 2.75) is 46.6 Å². The normalized spacial score (nSPS) is 11.2.